The van der Waals surface area contributed by atoms with E-state index in [1.54, 1.807) is 4.90 Å². The number of hydrogen-bond donors (Lipinski definition) is 0. The fraction of sp³-hybridized carbons (Fsp3) is 0.409. The number of para-hydroxylation sites is 2. The number of amides is 1. The van der Waals surface area contributed by atoms with Gasteiger partial charge in [-0.05, 0) is 44.4 Å². The Balaban J connectivity index is 1.36. The second-order valence-corrected chi connectivity index (χ2v) is 8.86. The van der Waals surface area contributed by atoms with E-state index in [0.717, 1.165) is 56.5 Å². The lowest BCUT2D eigenvalue weighted by Gasteiger charge is -2.29. The summed E-state index contributed by atoms with van der Waals surface area (Å²) < 4.78 is 11.8. The first kappa shape index (κ1) is 18.4. The lowest BCUT2D eigenvalue weighted by Crippen LogP contribution is -2.41. The molecule has 0 unspecified atom stereocenters. The van der Waals surface area contributed by atoms with Crippen LogP contribution in [0.25, 0.3) is 10.2 Å². The summed E-state index contributed by atoms with van der Waals surface area (Å²) in [5, 5.41) is 1.02. The van der Waals surface area contributed by atoms with Crippen LogP contribution in [0, 0.1) is 13.8 Å². The van der Waals surface area contributed by atoms with Gasteiger partial charge in [0.05, 0.1) is 17.1 Å². The first-order chi connectivity index (χ1) is 14.0. The quantitative estimate of drug-likeness (QED) is 0.649. The Morgan fingerprint density at radius 3 is 2.72 bits per heavy atom. The van der Waals surface area contributed by atoms with Gasteiger partial charge in [-0.3, -0.25) is 4.79 Å². The van der Waals surface area contributed by atoms with E-state index in [-0.39, 0.29) is 12.0 Å². The third-order valence-electron chi connectivity index (χ3n) is 5.52. The van der Waals surface area contributed by atoms with E-state index in [1.165, 1.54) is 11.3 Å². The van der Waals surface area contributed by atoms with E-state index in [9.17, 15) is 4.79 Å². The Hall–Kier alpha value is -2.67. The molecule has 2 aromatic heterocycles. The molecule has 1 aliphatic carbocycles. The highest BCUT2D eigenvalue weighted by Crippen LogP contribution is 2.40. The van der Waals surface area contributed by atoms with Gasteiger partial charge >= 0.3 is 0 Å². The van der Waals surface area contributed by atoms with Crippen LogP contribution in [0.4, 0.5) is 0 Å². The van der Waals surface area contributed by atoms with Gasteiger partial charge in [-0.15, -0.1) is 11.3 Å². The lowest BCUT2D eigenvalue weighted by molar-refractivity contribution is 0.0523. The molecule has 0 radical (unpaired) electrons. The molecule has 7 heteroatoms. The number of aryl methyl sites for hydroxylation is 2. The Bertz CT molecular complexity index is 1110. The Morgan fingerprint density at radius 1 is 1.21 bits per heavy atom. The molecule has 1 saturated carbocycles. The van der Waals surface area contributed by atoms with Gasteiger partial charge in [-0.1, -0.05) is 12.1 Å². The molecule has 0 N–H and O–H groups in total. The molecule has 150 valence electrons. The average Bonchev–Trinajstić information content (AvgIpc) is 3.51. The fourth-order valence-electron chi connectivity index (χ4n) is 3.80. The highest BCUT2D eigenvalue weighted by molar-refractivity contribution is 7.20. The highest BCUT2D eigenvalue weighted by Gasteiger charge is 2.30. The number of carbonyl (C=O) groups excluding carboxylic acids is 1. The molecule has 1 amide bonds. The van der Waals surface area contributed by atoms with Crippen molar-refractivity contribution >= 4 is 27.5 Å². The van der Waals surface area contributed by atoms with Gasteiger partial charge in [0.25, 0.3) is 5.91 Å². The standard InChI is InChI=1S/C22H23N3O3S/c1-12-18-13(2)23-20(14-8-9-14)24-21(18)29-19(12)22(26)25(3)10-15-11-27-16-6-4-5-7-17(16)28-15/h4-7,14-15H,8-11H2,1-3H3/t15-/m0/s1. The average molecular weight is 410 g/mol. The molecule has 1 fully saturated rings. The smallest absolute Gasteiger partial charge is 0.264 e. The van der Waals surface area contributed by atoms with Crippen LogP contribution < -0.4 is 9.47 Å². The minimum atomic E-state index is -0.198. The van der Waals surface area contributed by atoms with Crippen LogP contribution in [0.3, 0.4) is 0 Å². The number of fused-ring (bicyclic) bond motifs is 2. The first-order valence-corrected chi connectivity index (χ1v) is 10.7. The van der Waals surface area contributed by atoms with Crippen molar-refractivity contribution < 1.29 is 14.3 Å². The van der Waals surface area contributed by atoms with Crippen LogP contribution in [0.1, 0.15) is 45.5 Å². The van der Waals surface area contributed by atoms with Gasteiger partial charge in [0.2, 0.25) is 0 Å². The minimum absolute atomic E-state index is 0.0136. The number of benzene rings is 1. The molecule has 29 heavy (non-hydrogen) atoms. The van der Waals surface area contributed by atoms with Gasteiger partial charge in [-0.2, -0.15) is 0 Å². The third-order valence-corrected chi connectivity index (χ3v) is 6.69. The van der Waals surface area contributed by atoms with Gasteiger partial charge in [-0.25, -0.2) is 9.97 Å². The van der Waals surface area contributed by atoms with Crippen LogP contribution >= 0.6 is 11.3 Å². The molecule has 0 spiro atoms. The summed E-state index contributed by atoms with van der Waals surface area (Å²) in [5.41, 5.74) is 1.93. The first-order valence-electron chi connectivity index (χ1n) is 9.93. The molecule has 6 nitrogen and oxygen atoms in total. The molecule has 1 aromatic carbocycles. The van der Waals surface area contributed by atoms with Crippen molar-refractivity contribution in [3.8, 4) is 11.5 Å². The van der Waals surface area contributed by atoms with Gasteiger partial charge < -0.3 is 14.4 Å². The van der Waals surface area contributed by atoms with Crippen molar-refractivity contribution in [2.45, 2.75) is 38.7 Å². The normalized spacial score (nSPS) is 18.1. The predicted octanol–water partition coefficient (Wildman–Crippen LogP) is 4.10. The maximum absolute atomic E-state index is 13.2. The maximum Gasteiger partial charge on any atom is 0.264 e. The highest BCUT2D eigenvalue weighted by atomic mass is 32.1. The van der Waals surface area contributed by atoms with Crippen molar-refractivity contribution in [3.63, 3.8) is 0 Å². The van der Waals surface area contributed by atoms with Crippen LogP contribution in [0.15, 0.2) is 24.3 Å². The molecule has 1 atom stereocenters. The van der Waals surface area contributed by atoms with E-state index in [4.69, 9.17) is 19.4 Å². The van der Waals surface area contributed by atoms with Gasteiger partial charge in [0.15, 0.2) is 17.6 Å². The number of likely N-dealkylation sites (N-methyl/N-ethyl adjacent to an activating group) is 1. The zero-order valence-electron chi connectivity index (χ0n) is 16.8. The SMILES string of the molecule is Cc1nc(C2CC2)nc2sc(C(=O)N(C)C[C@H]3COc4ccccc4O3)c(C)c12. The van der Waals surface area contributed by atoms with E-state index in [1.807, 2.05) is 45.2 Å². The molecule has 2 aliphatic rings. The summed E-state index contributed by atoms with van der Waals surface area (Å²) in [6.07, 6.45) is 2.13. The van der Waals surface area contributed by atoms with Crippen LogP contribution in [0.2, 0.25) is 0 Å². The van der Waals surface area contributed by atoms with Gasteiger partial charge in [0, 0.05) is 18.4 Å². The molecule has 3 heterocycles. The van der Waals surface area contributed by atoms with E-state index < -0.39 is 0 Å². The number of ether oxygens (including phenoxy) is 2. The molecular weight excluding hydrogens is 386 g/mol. The Kier molecular flexibility index (Phi) is 4.42. The van der Waals surface area contributed by atoms with E-state index in [2.05, 4.69) is 0 Å². The molecular formula is C22H23N3O3S. The van der Waals surface area contributed by atoms with Crippen molar-refractivity contribution in [1.82, 2.24) is 14.9 Å². The zero-order chi connectivity index (χ0) is 20.1. The Morgan fingerprint density at radius 2 is 1.97 bits per heavy atom. The summed E-state index contributed by atoms with van der Waals surface area (Å²) >= 11 is 1.47. The topological polar surface area (TPSA) is 64.6 Å². The molecule has 3 aromatic rings. The molecule has 5 rings (SSSR count). The molecule has 0 saturated heterocycles. The van der Waals surface area contributed by atoms with E-state index >= 15 is 0 Å². The molecule has 0 bridgehead atoms. The number of carbonyl (C=O) groups is 1. The number of hydrogen-bond acceptors (Lipinski definition) is 6. The van der Waals surface area contributed by atoms with Crippen LogP contribution in [-0.2, 0) is 0 Å². The summed E-state index contributed by atoms with van der Waals surface area (Å²) in [5.74, 6) is 2.88. The predicted molar refractivity (Wildman–Crippen MR) is 112 cm³/mol. The lowest BCUT2D eigenvalue weighted by atomic mass is 10.1. The summed E-state index contributed by atoms with van der Waals surface area (Å²) in [6, 6.07) is 7.61. The third kappa shape index (κ3) is 3.33. The second-order valence-electron chi connectivity index (χ2n) is 7.86. The fourth-order valence-corrected chi connectivity index (χ4v) is 5.04. The number of rotatable bonds is 4. The second kappa shape index (κ2) is 6.99. The van der Waals surface area contributed by atoms with E-state index in [0.29, 0.717) is 19.1 Å². The zero-order valence-corrected chi connectivity index (χ0v) is 17.6. The van der Waals surface area contributed by atoms with Crippen molar-refractivity contribution in [1.29, 1.82) is 0 Å². The largest absolute Gasteiger partial charge is 0.486 e. The number of thiophene rings is 1. The number of aromatic nitrogens is 2. The van der Waals surface area contributed by atoms with Crippen molar-refractivity contribution in [3.05, 3.63) is 46.2 Å². The van der Waals surface area contributed by atoms with Gasteiger partial charge in [0.1, 0.15) is 17.3 Å². The number of nitrogens with zero attached hydrogens (tertiary/aromatic N) is 3. The summed E-state index contributed by atoms with van der Waals surface area (Å²) in [7, 11) is 1.81. The Labute approximate surface area is 173 Å². The van der Waals surface area contributed by atoms with Crippen LogP contribution in [0.5, 0.6) is 11.5 Å². The maximum atomic E-state index is 13.2. The van der Waals surface area contributed by atoms with Crippen LogP contribution in [-0.4, -0.2) is 47.1 Å². The summed E-state index contributed by atoms with van der Waals surface area (Å²) in [6.45, 7) is 4.88. The molecule has 1 aliphatic heterocycles. The summed E-state index contributed by atoms with van der Waals surface area (Å²) in [4.78, 5) is 26.0. The minimum Gasteiger partial charge on any atom is -0.486 e. The van der Waals surface area contributed by atoms with Crippen molar-refractivity contribution in [2.24, 2.45) is 0 Å². The monoisotopic (exact) mass is 409 g/mol. The van der Waals surface area contributed by atoms with Crippen molar-refractivity contribution in [2.75, 3.05) is 20.2 Å².